The molecule has 182 valence electrons. The van der Waals surface area contributed by atoms with Gasteiger partial charge >= 0.3 is 6.03 Å². The molecule has 6 nitrogen and oxygen atoms in total. The molecule has 1 aliphatic rings. The third kappa shape index (κ3) is 6.93. The van der Waals surface area contributed by atoms with Gasteiger partial charge in [-0.1, -0.05) is 72.8 Å². The quantitative estimate of drug-likeness (QED) is 0.479. The number of nitrogens with zero attached hydrogens (tertiary/aromatic N) is 2. The molecule has 35 heavy (non-hydrogen) atoms. The summed E-state index contributed by atoms with van der Waals surface area (Å²) in [6, 6.07) is 26.7. The molecule has 0 bridgehead atoms. The number of carbonyl (C=O) groups excluding carboxylic acids is 2. The molecule has 4 rings (SSSR count). The molecular weight excluding hydrogens is 436 g/mol. The van der Waals surface area contributed by atoms with Crippen LogP contribution < -0.4 is 10.6 Å². The van der Waals surface area contributed by atoms with Crippen molar-refractivity contribution in [1.82, 2.24) is 15.1 Å². The van der Waals surface area contributed by atoms with Gasteiger partial charge in [-0.2, -0.15) is 0 Å². The number of hydrogen-bond donors (Lipinski definition) is 2. The second-order valence-electron chi connectivity index (χ2n) is 9.03. The Morgan fingerprint density at radius 2 is 1.46 bits per heavy atom. The van der Waals surface area contributed by atoms with Gasteiger partial charge < -0.3 is 20.4 Å². The van der Waals surface area contributed by atoms with Crippen LogP contribution in [0.5, 0.6) is 0 Å². The number of anilines is 1. The summed E-state index contributed by atoms with van der Waals surface area (Å²) in [5.74, 6) is -0.134. The first-order valence-corrected chi connectivity index (χ1v) is 12.3. The topological polar surface area (TPSA) is 64.7 Å². The summed E-state index contributed by atoms with van der Waals surface area (Å²) in [5.41, 5.74) is 3.90. The van der Waals surface area contributed by atoms with Gasteiger partial charge in [-0.05, 0) is 54.8 Å². The van der Waals surface area contributed by atoms with Gasteiger partial charge in [0.2, 0.25) is 5.91 Å². The zero-order chi connectivity index (χ0) is 24.5. The molecule has 3 aromatic carbocycles. The first kappa shape index (κ1) is 24.5. The molecule has 1 aliphatic heterocycles. The molecule has 1 unspecified atom stereocenters. The number of nitrogens with one attached hydrogen (secondary N) is 2. The Kier molecular flexibility index (Phi) is 8.52. The average Bonchev–Trinajstić information content (AvgIpc) is 3.42. The molecule has 0 saturated carbocycles. The summed E-state index contributed by atoms with van der Waals surface area (Å²) >= 11 is 0. The van der Waals surface area contributed by atoms with E-state index in [0.29, 0.717) is 18.7 Å². The van der Waals surface area contributed by atoms with Crippen LogP contribution in [0.4, 0.5) is 10.5 Å². The molecule has 0 aromatic heterocycles. The van der Waals surface area contributed by atoms with Crippen LogP contribution in [-0.2, 0) is 11.2 Å². The second-order valence-corrected chi connectivity index (χ2v) is 9.03. The van der Waals surface area contributed by atoms with Gasteiger partial charge in [0.05, 0.1) is 0 Å². The molecule has 1 heterocycles. The van der Waals surface area contributed by atoms with E-state index in [2.05, 4.69) is 27.7 Å². The van der Waals surface area contributed by atoms with Crippen molar-refractivity contribution in [2.24, 2.45) is 0 Å². The smallest absolute Gasteiger partial charge is 0.322 e. The normalized spacial score (nSPS) is 14.3. The van der Waals surface area contributed by atoms with Crippen LogP contribution in [0.15, 0.2) is 84.9 Å². The molecule has 1 fully saturated rings. The standard InChI is InChI=1S/C29H34N4O2/c1-32(29(35)31-26-16-14-25(15-17-26)24-12-6-3-7-13-24)27(22-23-10-4-2-5-11-23)28(34)30-18-21-33-19-8-9-20-33/h2-7,10-17,27H,8-9,18-22H2,1H3,(H,30,34)(H,31,35). The molecule has 3 aromatic rings. The maximum absolute atomic E-state index is 13.2. The van der Waals surface area contributed by atoms with Crippen LogP contribution in [0.25, 0.3) is 11.1 Å². The fourth-order valence-corrected chi connectivity index (χ4v) is 4.43. The minimum absolute atomic E-state index is 0.134. The molecule has 2 N–H and O–H groups in total. The number of likely N-dealkylation sites (tertiary alicyclic amines) is 1. The average molecular weight is 471 g/mol. The predicted octanol–water partition coefficient (Wildman–Crippen LogP) is 4.64. The molecule has 6 heteroatoms. The fourth-order valence-electron chi connectivity index (χ4n) is 4.43. The fraction of sp³-hybridized carbons (Fsp3) is 0.310. The number of rotatable bonds is 9. The van der Waals surface area contributed by atoms with Crippen LogP contribution in [0, 0.1) is 0 Å². The minimum Gasteiger partial charge on any atom is -0.353 e. The van der Waals surface area contributed by atoms with E-state index in [9.17, 15) is 9.59 Å². The highest BCUT2D eigenvalue weighted by Crippen LogP contribution is 2.21. The van der Waals surface area contributed by atoms with Crippen molar-refractivity contribution < 1.29 is 9.59 Å². The third-order valence-electron chi connectivity index (χ3n) is 6.53. The highest BCUT2D eigenvalue weighted by atomic mass is 16.2. The molecule has 0 aliphatic carbocycles. The summed E-state index contributed by atoms with van der Waals surface area (Å²) in [4.78, 5) is 30.1. The van der Waals surface area contributed by atoms with Crippen LogP contribution >= 0.6 is 0 Å². The number of amides is 3. The number of urea groups is 1. The minimum atomic E-state index is -0.612. The molecule has 3 amide bonds. The highest BCUT2D eigenvalue weighted by molar-refractivity contribution is 5.94. The summed E-state index contributed by atoms with van der Waals surface area (Å²) in [6.07, 6.45) is 2.90. The van der Waals surface area contributed by atoms with E-state index >= 15 is 0 Å². The van der Waals surface area contributed by atoms with Gasteiger partial charge in [-0.25, -0.2) is 4.79 Å². The molecule has 0 spiro atoms. The molecular formula is C29H34N4O2. The van der Waals surface area contributed by atoms with E-state index in [1.807, 2.05) is 72.8 Å². The van der Waals surface area contributed by atoms with Crippen molar-refractivity contribution >= 4 is 17.6 Å². The van der Waals surface area contributed by atoms with Crippen LogP contribution in [0.3, 0.4) is 0 Å². The first-order valence-electron chi connectivity index (χ1n) is 12.3. The van der Waals surface area contributed by atoms with E-state index in [1.165, 1.54) is 17.7 Å². The Labute approximate surface area is 207 Å². The summed E-state index contributed by atoms with van der Waals surface area (Å²) in [5, 5.41) is 5.99. The second kappa shape index (κ2) is 12.2. The zero-order valence-corrected chi connectivity index (χ0v) is 20.3. The molecule has 1 saturated heterocycles. The Morgan fingerprint density at radius 3 is 2.11 bits per heavy atom. The maximum Gasteiger partial charge on any atom is 0.322 e. The largest absolute Gasteiger partial charge is 0.353 e. The van der Waals surface area contributed by atoms with Crippen LogP contribution in [0.2, 0.25) is 0 Å². The van der Waals surface area contributed by atoms with Crippen molar-refractivity contribution in [2.75, 3.05) is 38.5 Å². The van der Waals surface area contributed by atoms with Gasteiger partial charge in [0.15, 0.2) is 0 Å². The summed E-state index contributed by atoms with van der Waals surface area (Å²) in [7, 11) is 1.68. The lowest BCUT2D eigenvalue weighted by Crippen LogP contribution is -2.51. The van der Waals surface area contributed by atoms with E-state index in [1.54, 1.807) is 7.05 Å². The summed E-state index contributed by atoms with van der Waals surface area (Å²) < 4.78 is 0. The molecule has 1 atom stereocenters. The van der Waals surface area contributed by atoms with Gasteiger partial charge in [0, 0.05) is 32.2 Å². The van der Waals surface area contributed by atoms with Crippen LogP contribution in [0.1, 0.15) is 18.4 Å². The van der Waals surface area contributed by atoms with E-state index in [0.717, 1.165) is 36.3 Å². The lowest BCUT2D eigenvalue weighted by atomic mass is 10.0. The Bertz CT molecular complexity index is 1080. The number of carbonyl (C=O) groups is 2. The van der Waals surface area contributed by atoms with Gasteiger partial charge in [0.25, 0.3) is 0 Å². The monoisotopic (exact) mass is 470 g/mol. The zero-order valence-electron chi connectivity index (χ0n) is 20.3. The Morgan fingerprint density at radius 1 is 0.857 bits per heavy atom. The van der Waals surface area contributed by atoms with Crippen molar-refractivity contribution in [3.63, 3.8) is 0 Å². The molecule has 0 radical (unpaired) electrons. The number of likely N-dealkylation sites (N-methyl/N-ethyl adjacent to an activating group) is 1. The van der Waals surface area contributed by atoms with Crippen molar-refractivity contribution in [1.29, 1.82) is 0 Å². The third-order valence-corrected chi connectivity index (χ3v) is 6.53. The Balaban J connectivity index is 1.40. The van der Waals surface area contributed by atoms with Crippen molar-refractivity contribution in [2.45, 2.75) is 25.3 Å². The maximum atomic E-state index is 13.2. The summed E-state index contributed by atoms with van der Waals surface area (Å²) in [6.45, 7) is 3.61. The lowest BCUT2D eigenvalue weighted by Gasteiger charge is -2.28. The number of hydrogen-bond acceptors (Lipinski definition) is 3. The van der Waals surface area contributed by atoms with Crippen molar-refractivity contribution in [3.05, 3.63) is 90.5 Å². The van der Waals surface area contributed by atoms with Crippen LogP contribution in [-0.4, -0.2) is 61.0 Å². The van der Waals surface area contributed by atoms with Crippen molar-refractivity contribution in [3.8, 4) is 11.1 Å². The predicted molar refractivity (Wildman–Crippen MR) is 141 cm³/mol. The van der Waals surface area contributed by atoms with E-state index in [4.69, 9.17) is 0 Å². The first-order chi connectivity index (χ1) is 17.1. The lowest BCUT2D eigenvalue weighted by molar-refractivity contribution is -0.125. The highest BCUT2D eigenvalue weighted by Gasteiger charge is 2.27. The Hall–Kier alpha value is -3.64. The van der Waals surface area contributed by atoms with Gasteiger partial charge in [-0.3, -0.25) is 4.79 Å². The van der Waals surface area contributed by atoms with E-state index in [-0.39, 0.29) is 11.9 Å². The number of benzene rings is 3. The van der Waals surface area contributed by atoms with Gasteiger partial charge in [-0.15, -0.1) is 0 Å². The SMILES string of the molecule is CN(C(=O)Nc1ccc(-c2ccccc2)cc1)C(Cc1ccccc1)C(=O)NCCN1CCCC1. The van der Waals surface area contributed by atoms with Gasteiger partial charge in [0.1, 0.15) is 6.04 Å². The van der Waals surface area contributed by atoms with E-state index < -0.39 is 6.04 Å².